The van der Waals surface area contributed by atoms with Gasteiger partial charge < -0.3 is 9.84 Å². The molecular weight excluding hydrogens is 252 g/mol. The molecule has 0 aliphatic carbocycles. The van der Waals surface area contributed by atoms with E-state index in [0.717, 1.165) is 5.56 Å². The van der Waals surface area contributed by atoms with Crippen LogP contribution in [0, 0.1) is 13.8 Å². The molecule has 20 heavy (non-hydrogen) atoms. The summed E-state index contributed by atoms with van der Waals surface area (Å²) >= 11 is 0. The Bertz CT molecular complexity index is 600. The van der Waals surface area contributed by atoms with Crippen LogP contribution in [0.15, 0.2) is 42.5 Å². The van der Waals surface area contributed by atoms with Gasteiger partial charge >= 0.3 is 5.97 Å². The Morgan fingerprint density at radius 2 is 1.65 bits per heavy atom. The monoisotopic (exact) mass is 270 g/mol. The number of carbonyl (C=O) groups is 1. The van der Waals surface area contributed by atoms with Crippen molar-refractivity contribution in [3.63, 3.8) is 0 Å². The fourth-order valence-electron chi connectivity index (χ4n) is 1.92. The Morgan fingerprint density at radius 1 is 1.00 bits per heavy atom. The third kappa shape index (κ3) is 3.60. The van der Waals surface area contributed by atoms with Crippen LogP contribution < -0.4 is 4.74 Å². The van der Waals surface area contributed by atoms with E-state index in [0.29, 0.717) is 5.75 Å². The van der Waals surface area contributed by atoms with Crippen molar-refractivity contribution in [3.05, 3.63) is 53.6 Å². The molecule has 3 nitrogen and oxygen atoms in total. The Balaban J connectivity index is 2.07. The van der Waals surface area contributed by atoms with Gasteiger partial charge in [0.1, 0.15) is 5.75 Å². The van der Waals surface area contributed by atoms with Gasteiger partial charge in [0.25, 0.3) is 0 Å². The quantitative estimate of drug-likeness (QED) is 0.898. The molecule has 0 aliphatic rings. The summed E-state index contributed by atoms with van der Waals surface area (Å²) in [6.45, 7) is 4.39. The molecule has 0 atom stereocenters. The van der Waals surface area contributed by atoms with Crippen LogP contribution in [0.5, 0.6) is 5.75 Å². The average molecular weight is 270 g/mol. The molecule has 104 valence electrons. The number of aliphatic carboxylic acids is 1. The summed E-state index contributed by atoms with van der Waals surface area (Å²) in [5.41, 5.74) is 4.84. The molecule has 2 aromatic carbocycles. The Labute approximate surface area is 118 Å². The minimum absolute atomic E-state index is 0.0128. The van der Waals surface area contributed by atoms with Gasteiger partial charge in [-0.3, -0.25) is 4.79 Å². The van der Waals surface area contributed by atoms with Gasteiger partial charge in [-0.25, -0.2) is 0 Å². The number of benzene rings is 2. The number of carboxylic acid groups (broad SMARTS) is 1. The van der Waals surface area contributed by atoms with Gasteiger partial charge in [0.05, 0.1) is 13.0 Å². The third-order valence-corrected chi connectivity index (χ3v) is 3.28. The molecule has 2 aromatic rings. The van der Waals surface area contributed by atoms with E-state index in [1.807, 2.05) is 24.3 Å². The topological polar surface area (TPSA) is 46.5 Å². The van der Waals surface area contributed by atoms with Crippen LogP contribution in [0.3, 0.4) is 0 Å². The van der Waals surface area contributed by atoms with Crippen molar-refractivity contribution < 1.29 is 14.6 Å². The first kappa shape index (κ1) is 14.1. The molecule has 0 amide bonds. The lowest BCUT2D eigenvalue weighted by Crippen LogP contribution is -2.04. The molecule has 0 spiro atoms. The summed E-state index contributed by atoms with van der Waals surface area (Å²) in [7, 11) is 0. The summed E-state index contributed by atoms with van der Waals surface area (Å²) in [5.74, 6) is -0.157. The predicted octanol–water partition coefficient (Wildman–Crippen LogP) is 3.82. The molecule has 1 N–H and O–H groups in total. The average Bonchev–Trinajstić information content (AvgIpc) is 2.42. The van der Waals surface area contributed by atoms with Crippen molar-refractivity contribution in [2.24, 2.45) is 0 Å². The zero-order valence-corrected chi connectivity index (χ0v) is 11.7. The van der Waals surface area contributed by atoms with E-state index in [-0.39, 0.29) is 13.0 Å². The van der Waals surface area contributed by atoms with Crippen LogP contribution >= 0.6 is 0 Å². The Morgan fingerprint density at radius 3 is 2.25 bits per heavy atom. The first-order valence-corrected chi connectivity index (χ1v) is 6.58. The molecular formula is C17H18O3. The van der Waals surface area contributed by atoms with E-state index in [2.05, 4.69) is 32.0 Å². The van der Waals surface area contributed by atoms with Crippen LogP contribution in [-0.4, -0.2) is 17.7 Å². The molecule has 0 saturated heterocycles. The van der Waals surface area contributed by atoms with Crippen molar-refractivity contribution in [2.45, 2.75) is 20.3 Å². The number of hydrogen-bond acceptors (Lipinski definition) is 2. The number of aryl methyl sites for hydroxylation is 2. The molecule has 0 bridgehead atoms. The van der Waals surface area contributed by atoms with Crippen LogP contribution in [-0.2, 0) is 4.79 Å². The summed E-state index contributed by atoms with van der Waals surface area (Å²) in [5, 5.41) is 8.55. The van der Waals surface area contributed by atoms with Crippen LogP contribution in [0.1, 0.15) is 17.5 Å². The largest absolute Gasteiger partial charge is 0.493 e. The molecule has 0 saturated carbocycles. The van der Waals surface area contributed by atoms with Gasteiger partial charge in [-0.15, -0.1) is 0 Å². The summed E-state index contributed by atoms with van der Waals surface area (Å²) in [6.07, 6.45) is 0.0128. The molecule has 0 fully saturated rings. The first-order chi connectivity index (χ1) is 9.56. The van der Waals surface area contributed by atoms with E-state index >= 15 is 0 Å². The van der Waals surface area contributed by atoms with E-state index in [1.54, 1.807) is 0 Å². The van der Waals surface area contributed by atoms with Crippen molar-refractivity contribution in [3.8, 4) is 16.9 Å². The lowest BCUT2D eigenvalue weighted by Gasteiger charge is -2.08. The molecule has 0 heterocycles. The smallest absolute Gasteiger partial charge is 0.306 e. The Kier molecular flexibility index (Phi) is 4.41. The highest BCUT2D eigenvalue weighted by Crippen LogP contribution is 2.24. The van der Waals surface area contributed by atoms with Crippen molar-refractivity contribution in [1.29, 1.82) is 0 Å². The molecule has 3 heteroatoms. The van der Waals surface area contributed by atoms with Gasteiger partial charge in [-0.05, 0) is 48.2 Å². The minimum atomic E-state index is -0.850. The SMILES string of the molecule is Cc1ccc(-c2ccc(OCCC(=O)O)cc2)cc1C. The zero-order chi connectivity index (χ0) is 14.5. The highest BCUT2D eigenvalue weighted by molar-refractivity contribution is 5.67. The van der Waals surface area contributed by atoms with Crippen molar-refractivity contribution in [2.75, 3.05) is 6.61 Å². The second-order valence-electron chi connectivity index (χ2n) is 4.82. The molecule has 0 aromatic heterocycles. The second-order valence-corrected chi connectivity index (χ2v) is 4.82. The maximum atomic E-state index is 10.4. The van der Waals surface area contributed by atoms with Crippen LogP contribution in [0.4, 0.5) is 0 Å². The maximum Gasteiger partial charge on any atom is 0.306 e. The molecule has 0 unspecified atom stereocenters. The summed E-state index contributed by atoms with van der Waals surface area (Å²) in [6, 6.07) is 14.1. The molecule has 2 rings (SSSR count). The predicted molar refractivity (Wildman–Crippen MR) is 79.1 cm³/mol. The lowest BCUT2D eigenvalue weighted by molar-refractivity contribution is -0.137. The number of ether oxygens (including phenoxy) is 1. The van der Waals surface area contributed by atoms with Gasteiger partial charge in [0.2, 0.25) is 0 Å². The van der Waals surface area contributed by atoms with Crippen LogP contribution in [0.25, 0.3) is 11.1 Å². The third-order valence-electron chi connectivity index (χ3n) is 3.28. The van der Waals surface area contributed by atoms with Gasteiger partial charge in [-0.1, -0.05) is 30.3 Å². The standard InChI is InChI=1S/C17H18O3/c1-12-3-4-15(11-13(12)2)14-5-7-16(8-6-14)20-10-9-17(18)19/h3-8,11H,9-10H2,1-2H3,(H,18,19). The van der Waals surface area contributed by atoms with E-state index in [9.17, 15) is 4.79 Å². The second kappa shape index (κ2) is 6.24. The van der Waals surface area contributed by atoms with E-state index in [1.165, 1.54) is 16.7 Å². The van der Waals surface area contributed by atoms with Crippen LogP contribution in [0.2, 0.25) is 0 Å². The first-order valence-electron chi connectivity index (χ1n) is 6.58. The fourth-order valence-corrected chi connectivity index (χ4v) is 1.92. The van der Waals surface area contributed by atoms with E-state index in [4.69, 9.17) is 9.84 Å². The number of carboxylic acids is 1. The lowest BCUT2D eigenvalue weighted by atomic mass is 10.0. The number of hydrogen-bond donors (Lipinski definition) is 1. The highest BCUT2D eigenvalue weighted by atomic mass is 16.5. The van der Waals surface area contributed by atoms with Gasteiger partial charge in [0, 0.05) is 0 Å². The van der Waals surface area contributed by atoms with Crippen molar-refractivity contribution in [1.82, 2.24) is 0 Å². The van der Waals surface area contributed by atoms with E-state index < -0.39 is 5.97 Å². The summed E-state index contributed by atoms with van der Waals surface area (Å²) < 4.78 is 5.37. The van der Waals surface area contributed by atoms with Gasteiger partial charge in [0.15, 0.2) is 0 Å². The Hall–Kier alpha value is -2.29. The summed E-state index contributed by atoms with van der Waals surface area (Å²) in [4.78, 5) is 10.4. The fraction of sp³-hybridized carbons (Fsp3) is 0.235. The molecule has 0 radical (unpaired) electrons. The minimum Gasteiger partial charge on any atom is -0.493 e. The zero-order valence-electron chi connectivity index (χ0n) is 11.7. The number of rotatable bonds is 5. The maximum absolute atomic E-state index is 10.4. The van der Waals surface area contributed by atoms with Gasteiger partial charge in [-0.2, -0.15) is 0 Å². The highest BCUT2D eigenvalue weighted by Gasteiger charge is 2.02. The van der Waals surface area contributed by atoms with Crippen molar-refractivity contribution >= 4 is 5.97 Å². The molecule has 0 aliphatic heterocycles. The normalized spacial score (nSPS) is 10.3.